The molecule has 0 saturated carbocycles. The lowest BCUT2D eigenvalue weighted by Crippen LogP contribution is -2.13. The van der Waals surface area contributed by atoms with Crippen LogP contribution in [0.2, 0.25) is 5.15 Å². The number of H-pyrrole nitrogens is 1. The summed E-state index contributed by atoms with van der Waals surface area (Å²) < 4.78 is 7.01. The van der Waals surface area contributed by atoms with E-state index < -0.39 is 0 Å². The maximum absolute atomic E-state index is 12.9. The van der Waals surface area contributed by atoms with Gasteiger partial charge in [0.25, 0.3) is 5.91 Å². The van der Waals surface area contributed by atoms with Crippen molar-refractivity contribution >= 4 is 23.3 Å². The Morgan fingerprint density at radius 3 is 2.65 bits per heavy atom. The third-order valence-corrected chi connectivity index (χ3v) is 5.35. The van der Waals surface area contributed by atoms with Crippen molar-refractivity contribution in [1.29, 1.82) is 0 Å². The highest BCUT2D eigenvalue weighted by Gasteiger charge is 2.21. The average Bonchev–Trinajstić information content (AvgIpc) is 3.33. The molecular weight excluding hydrogens is 414 g/mol. The zero-order chi connectivity index (χ0) is 22.0. The molecule has 0 fully saturated rings. The Morgan fingerprint density at radius 2 is 1.90 bits per heavy atom. The van der Waals surface area contributed by atoms with E-state index >= 15 is 0 Å². The molecule has 31 heavy (non-hydrogen) atoms. The Hall–Kier alpha value is -3.58. The van der Waals surface area contributed by atoms with Crippen molar-refractivity contribution < 1.29 is 9.53 Å². The number of aryl methyl sites for hydroxylation is 2. The van der Waals surface area contributed by atoms with Crippen molar-refractivity contribution in [1.82, 2.24) is 20.0 Å². The lowest BCUT2D eigenvalue weighted by Gasteiger charge is -2.05. The molecule has 158 valence electrons. The number of anilines is 1. The van der Waals surface area contributed by atoms with E-state index in [0.717, 1.165) is 16.8 Å². The smallest absolute Gasteiger partial charge is 0.261 e. The summed E-state index contributed by atoms with van der Waals surface area (Å²) in [5.41, 5.74) is 4.68. The maximum Gasteiger partial charge on any atom is 0.261 e. The zero-order valence-electron chi connectivity index (χ0n) is 17.4. The molecule has 0 aliphatic rings. The number of nitrogens with one attached hydrogen (secondary N) is 2. The molecule has 0 spiro atoms. The fourth-order valence-electron chi connectivity index (χ4n) is 3.35. The predicted molar refractivity (Wildman–Crippen MR) is 121 cm³/mol. The van der Waals surface area contributed by atoms with Crippen molar-refractivity contribution in [3.63, 3.8) is 0 Å². The minimum atomic E-state index is -0.365. The van der Waals surface area contributed by atoms with Crippen LogP contribution in [0.5, 0.6) is 5.75 Å². The number of rotatable bonds is 6. The van der Waals surface area contributed by atoms with E-state index in [-0.39, 0.29) is 11.1 Å². The van der Waals surface area contributed by atoms with Crippen LogP contribution >= 0.6 is 11.6 Å². The van der Waals surface area contributed by atoms with Gasteiger partial charge in [0.05, 0.1) is 30.6 Å². The maximum atomic E-state index is 12.9. The van der Waals surface area contributed by atoms with Crippen molar-refractivity contribution in [2.75, 3.05) is 12.4 Å². The molecule has 0 aliphatic carbocycles. The Balaban J connectivity index is 1.53. The standard InChI is InChI=1S/C23H22ClN5O2/c1-14-8-10-16(11-9-14)13-29-22(24)21(15(2)28-29)23(30)25-20-12-18(26-27-20)17-6-4-5-7-19(17)31-3/h4-12H,13H2,1-3H3,(H2,25,26,27,30). The lowest BCUT2D eigenvalue weighted by molar-refractivity contribution is 0.102. The number of halogens is 1. The van der Waals surface area contributed by atoms with E-state index in [1.54, 1.807) is 24.8 Å². The normalized spacial score (nSPS) is 10.8. The highest BCUT2D eigenvalue weighted by atomic mass is 35.5. The second kappa shape index (κ2) is 8.65. The largest absolute Gasteiger partial charge is 0.496 e. The van der Waals surface area contributed by atoms with Gasteiger partial charge in [-0.3, -0.25) is 9.89 Å². The molecule has 0 unspecified atom stereocenters. The molecule has 0 bridgehead atoms. The third-order valence-electron chi connectivity index (χ3n) is 4.96. The fourth-order valence-corrected chi connectivity index (χ4v) is 3.67. The monoisotopic (exact) mass is 435 g/mol. The van der Waals surface area contributed by atoms with Gasteiger partial charge in [-0.25, -0.2) is 4.68 Å². The van der Waals surface area contributed by atoms with Crippen LogP contribution in [0, 0.1) is 13.8 Å². The first-order chi connectivity index (χ1) is 15.0. The number of aromatic amines is 1. The summed E-state index contributed by atoms with van der Waals surface area (Å²) >= 11 is 6.51. The molecule has 0 atom stereocenters. The minimum absolute atomic E-state index is 0.288. The summed E-state index contributed by atoms with van der Waals surface area (Å²) in [6.07, 6.45) is 0. The molecule has 4 aromatic rings. The van der Waals surface area contributed by atoms with E-state index in [2.05, 4.69) is 20.6 Å². The number of benzene rings is 2. The van der Waals surface area contributed by atoms with Crippen molar-refractivity contribution in [3.8, 4) is 17.0 Å². The van der Waals surface area contributed by atoms with Crippen LogP contribution in [-0.4, -0.2) is 33.0 Å². The van der Waals surface area contributed by atoms with Gasteiger partial charge in [0, 0.05) is 11.6 Å². The average molecular weight is 436 g/mol. The van der Waals surface area contributed by atoms with E-state index in [9.17, 15) is 4.79 Å². The first-order valence-corrected chi connectivity index (χ1v) is 10.1. The number of ether oxygens (including phenoxy) is 1. The lowest BCUT2D eigenvalue weighted by atomic mass is 10.1. The van der Waals surface area contributed by atoms with Gasteiger partial charge in [-0.2, -0.15) is 10.2 Å². The van der Waals surface area contributed by atoms with E-state index in [1.807, 2.05) is 55.5 Å². The quantitative estimate of drug-likeness (QED) is 0.453. The van der Waals surface area contributed by atoms with E-state index in [4.69, 9.17) is 16.3 Å². The van der Waals surface area contributed by atoms with Gasteiger partial charge in [-0.05, 0) is 31.5 Å². The van der Waals surface area contributed by atoms with Crippen LogP contribution < -0.4 is 10.1 Å². The van der Waals surface area contributed by atoms with Gasteiger partial charge >= 0.3 is 0 Å². The highest BCUT2D eigenvalue weighted by molar-refractivity contribution is 6.33. The summed E-state index contributed by atoms with van der Waals surface area (Å²) in [7, 11) is 1.61. The molecule has 7 nitrogen and oxygen atoms in total. The molecule has 0 aliphatic heterocycles. The first-order valence-electron chi connectivity index (χ1n) is 9.75. The summed E-state index contributed by atoms with van der Waals surface area (Å²) in [6.45, 7) is 4.27. The number of methoxy groups -OCH3 is 1. The van der Waals surface area contributed by atoms with Crippen LogP contribution in [0.1, 0.15) is 27.2 Å². The molecule has 2 aromatic heterocycles. The van der Waals surface area contributed by atoms with Gasteiger partial charge in [-0.15, -0.1) is 0 Å². The summed E-state index contributed by atoms with van der Waals surface area (Å²) in [5.74, 6) is 0.726. The first kappa shape index (κ1) is 20.7. The van der Waals surface area contributed by atoms with Gasteiger partial charge in [-0.1, -0.05) is 53.6 Å². The Labute approximate surface area is 185 Å². The van der Waals surface area contributed by atoms with Crippen LogP contribution in [0.25, 0.3) is 11.3 Å². The van der Waals surface area contributed by atoms with Crippen molar-refractivity contribution in [2.24, 2.45) is 0 Å². The van der Waals surface area contributed by atoms with Crippen LogP contribution in [-0.2, 0) is 6.54 Å². The number of aromatic nitrogens is 4. The Morgan fingerprint density at radius 1 is 1.16 bits per heavy atom. The predicted octanol–water partition coefficient (Wildman–Crippen LogP) is 4.85. The fraction of sp³-hybridized carbons (Fsp3) is 0.174. The van der Waals surface area contributed by atoms with Gasteiger partial charge < -0.3 is 10.1 Å². The topological polar surface area (TPSA) is 84.8 Å². The summed E-state index contributed by atoms with van der Waals surface area (Å²) in [6, 6.07) is 17.4. The highest BCUT2D eigenvalue weighted by Crippen LogP contribution is 2.29. The van der Waals surface area contributed by atoms with Crippen molar-refractivity contribution in [2.45, 2.75) is 20.4 Å². The minimum Gasteiger partial charge on any atom is -0.496 e. The molecule has 1 amide bonds. The summed E-state index contributed by atoms with van der Waals surface area (Å²) in [4.78, 5) is 12.9. The molecule has 8 heteroatoms. The molecule has 0 saturated heterocycles. The van der Waals surface area contributed by atoms with Gasteiger partial charge in [0.1, 0.15) is 10.9 Å². The molecular formula is C23H22ClN5O2. The molecule has 2 heterocycles. The molecule has 0 radical (unpaired) electrons. The van der Waals surface area contributed by atoms with Crippen molar-refractivity contribution in [3.05, 3.63) is 82.1 Å². The van der Waals surface area contributed by atoms with Crippen LogP contribution in [0.15, 0.2) is 54.6 Å². The number of hydrogen-bond donors (Lipinski definition) is 2. The van der Waals surface area contributed by atoms with Crippen LogP contribution in [0.3, 0.4) is 0 Å². The van der Waals surface area contributed by atoms with Crippen LogP contribution in [0.4, 0.5) is 5.82 Å². The number of para-hydroxylation sites is 1. The number of amides is 1. The van der Waals surface area contributed by atoms with E-state index in [0.29, 0.717) is 29.4 Å². The molecule has 2 N–H and O–H groups in total. The molecule has 2 aromatic carbocycles. The summed E-state index contributed by atoms with van der Waals surface area (Å²) in [5, 5.41) is 14.6. The Kier molecular flexibility index (Phi) is 5.77. The Bertz CT molecular complexity index is 1230. The number of carbonyl (C=O) groups is 1. The molecule has 4 rings (SSSR count). The third kappa shape index (κ3) is 4.32. The second-order valence-electron chi connectivity index (χ2n) is 7.22. The zero-order valence-corrected chi connectivity index (χ0v) is 18.2. The number of nitrogens with zero attached hydrogens (tertiary/aromatic N) is 3. The van der Waals surface area contributed by atoms with E-state index in [1.165, 1.54) is 5.56 Å². The SMILES string of the molecule is COc1ccccc1-c1cc(NC(=O)c2c(C)nn(Cc3ccc(C)cc3)c2Cl)n[nH]1. The van der Waals surface area contributed by atoms with Gasteiger partial charge in [0.2, 0.25) is 0 Å². The number of carbonyl (C=O) groups excluding carboxylic acids is 1. The second-order valence-corrected chi connectivity index (χ2v) is 7.57. The number of hydrogen-bond acceptors (Lipinski definition) is 4. The van der Waals surface area contributed by atoms with Gasteiger partial charge in [0.15, 0.2) is 5.82 Å².